The van der Waals surface area contributed by atoms with Crippen molar-refractivity contribution in [1.82, 2.24) is 15.2 Å². The Bertz CT molecular complexity index is 404. The molecule has 1 unspecified atom stereocenters. The molecular weight excluding hydrogens is 253 g/mol. The van der Waals surface area contributed by atoms with Crippen LogP contribution in [0.3, 0.4) is 0 Å². The molecule has 2 rings (SSSR count). The first-order chi connectivity index (χ1) is 9.70. The lowest BCUT2D eigenvalue weighted by molar-refractivity contribution is 0.160. The number of nitrogens with zero attached hydrogens (tertiary/aromatic N) is 2. The first kappa shape index (κ1) is 15.4. The summed E-state index contributed by atoms with van der Waals surface area (Å²) in [5, 5.41) is 3.41. The molecule has 20 heavy (non-hydrogen) atoms. The molecule has 1 aromatic rings. The number of nitrogens with one attached hydrogen (secondary N) is 1. The van der Waals surface area contributed by atoms with Crippen LogP contribution in [0.25, 0.3) is 0 Å². The second kappa shape index (κ2) is 7.70. The van der Waals surface area contributed by atoms with Gasteiger partial charge >= 0.3 is 0 Å². The molecule has 4 heteroatoms. The van der Waals surface area contributed by atoms with Gasteiger partial charge < -0.3 is 5.32 Å². The summed E-state index contributed by atoms with van der Waals surface area (Å²) >= 11 is 0. The Morgan fingerprint density at radius 1 is 1.40 bits per heavy atom. The van der Waals surface area contributed by atoms with Crippen molar-refractivity contribution in [3.8, 4) is 0 Å². The molecule has 0 radical (unpaired) electrons. The minimum atomic E-state index is -0.243. The molecule has 0 amide bonds. The average molecular weight is 279 g/mol. The lowest BCUT2D eigenvalue weighted by atomic mass is 9.96. The maximum Gasteiger partial charge on any atom is 0.141 e. The molecule has 1 aliphatic heterocycles. The number of pyridine rings is 1. The van der Waals surface area contributed by atoms with Crippen LogP contribution < -0.4 is 5.32 Å². The summed E-state index contributed by atoms with van der Waals surface area (Å²) in [5.41, 5.74) is 0.979. The van der Waals surface area contributed by atoms with Gasteiger partial charge in [-0.1, -0.05) is 6.92 Å². The molecule has 2 heterocycles. The largest absolute Gasteiger partial charge is 0.317 e. The molecule has 3 nitrogen and oxygen atoms in total. The Hall–Kier alpha value is -1.00. The Morgan fingerprint density at radius 3 is 2.80 bits per heavy atom. The van der Waals surface area contributed by atoms with Crippen molar-refractivity contribution in [3.05, 3.63) is 29.8 Å². The van der Waals surface area contributed by atoms with Gasteiger partial charge in [0.1, 0.15) is 5.82 Å². The lowest BCUT2D eigenvalue weighted by Gasteiger charge is -2.34. The third kappa shape index (κ3) is 4.25. The smallest absolute Gasteiger partial charge is 0.141 e. The number of rotatable bonds is 6. The Morgan fingerprint density at radius 2 is 2.15 bits per heavy atom. The summed E-state index contributed by atoms with van der Waals surface area (Å²) in [5.74, 6) is 0.513. The molecule has 0 aliphatic carbocycles. The van der Waals surface area contributed by atoms with E-state index in [-0.39, 0.29) is 11.9 Å². The highest BCUT2D eigenvalue weighted by Gasteiger charge is 2.21. The molecule has 1 aliphatic rings. The van der Waals surface area contributed by atoms with Gasteiger partial charge in [-0.05, 0) is 63.4 Å². The first-order valence-corrected chi connectivity index (χ1v) is 7.76. The van der Waals surface area contributed by atoms with Crippen LogP contribution in [0.2, 0.25) is 0 Å². The van der Waals surface area contributed by atoms with E-state index in [1.807, 2.05) is 0 Å². The summed E-state index contributed by atoms with van der Waals surface area (Å²) in [6, 6.07) is 1.84. The minimum absolute atomic E-state index is 0.230. The molecule has 1 aromatic heterocycles. The number of piperidine rings is 1. The number of aromatic nitrogens is 1. The highest BCUT2D eigenvalue weighted by atomic mass is 19.1. The van der Waals surface area contributed by atoms with Crippen LogP contribution in [0.5, 0.6) is 0 Å². The standard InChI is InChI=1S/C16H26FN3/c1-3-8-20(12-14-4-6-18-7-5-14)13(2)15-9-16(17)11-19-10-15/h9-11,13-14,18H,3-8,12H2,1-2H3. The molecule has 0 bridgehead atoms. The molecule has 1 N–H and O–H groups in total. The third-order valence-corrected chi connectivity index (χ3v) is 4.22. The summed E-state index contributed by atoms with van der Waals surface area (Å²) < 4.78 is 13.3. The van der Waals surface area contributed by atoms with Crippen molar-refractivity contribution < 1.29 is 4.39 Å². The summed E-state index contributed by atoms with van der Waals surface area (Å²) in [4.78, 5) is 6.46. The number of halogens is 1. The summed E-state index contributed by atoms with van der Waals surface area (Å²) in [7, 11) is 0. The van der Waals surface area contributed by atoms with Gasteiger partial charge in [0.2, 0.25) is 0 Å². The van der Waals surface area contributed by atoms with Crippen LogP contribution in [-0.4, -0.2) is 36.1 Å². The van der Waals surface area contributed by atoms with E-state index in [0.717, 1.165) is 44.1 Å². The predicted molar refractivity (Wildman–Crippen MR) is 80.1 cm³/mol. The highest BCUT2D eigenvalue weighted by Crippen LogP contribution is 2.24. The number of hydrogen-bond acceptors (Lipinski definition) is 3. The van der Waals surface area contributed by atoms with Gasteiger partial charge in [0.15, 0.2) is 0 Å². The Labute approximate surface area is 121 Å². The van der Waals surface area contributed by atoms with E-state index < -0.39 is 0 Å². The maximum absolute atomic E-state index is 13.3. The zero-order valence-corrected chi connectivity index (χ0v) is 12.6. The van der Waals surface area contributed by atoms with E-state index in [9.17, 15) is 4.39 Å². The van der Waals surface area contributed by atoms with E-state index in [1.165, 1.54) is 19.0 Å². The van der Waals surface area contributed by atoms with Crippen LogP contribution in [0, 0.1) is 11.7 Å². The van der Waals surface area contributed by atoms with E-state index in [1.54, 1.807) is 12.3 Å². The quantitative estimate of drug-likeness (QED) is 0.867. The predicted octanol–water partition coefficient (Wildman–Crippen LogP) is 2.99. The normalized spacial score (nSPS) is 18.4. The van der Waals surface area contributed by atoms with Gasteiger partial charge in [0, 0.05) is 18.8 Å². The van der Waals surface area contributed by atoms with Crippen LogP contribution in [-0.2, 0) is 0 Å². The fourth-order valence-corrected chi connectivity index (χ4v) is 2.99. The molecule has 0 spiro atoms. The van der Waals surface area contributed by atoms with E-state index in [0.29, 0.717) is 0 Å². The van der Waals surface area contributed by atoms with E-state index >= 15 is 0 Å². The van der Waals surface area contributed by atoms with Crippen LogP contribution >= 0.6 is 0 Å². The molecule has 0 aromatic carbocycles. The Balaban J connectivity index is 2.02. The van der Waals surface area contributed by atoms with Crippen molar-refractivity contribution >= 4 is 0 Å². The molecule has 1 atom stereocenters. The fourth-order valence-electron chi connectivity index (χ4n) is 2.99. The van der Waals surface area contributed by atoms with Gasteiger partial charge in [0.05, 0.1) is 6.20 Å². The topological polar surface area (TPSA) is 28.2 Å². The van der Waals surface area contributed by atoms with Crippen molar-refractivity contribution in [3.63, 3.8) is 0 Å². The zero-order chi connectivity index (χ0) is 14.4. The monoisotopic (exact) mass is 279 g/mol. The van der Waals surface area contributed by atoms with Gasteiger partial charge in [-0.3, -0.25) is 9.88 Å². The second-order valence-corrected chi connectivity index (χ2v) is 5.80. The van der Waals surface area contributed by atoms with Gasteiger partial charge in [0.25, 0.3) is 0 Å². The molecule has 1 fully saturated rings. The summed E-state index contributed by atoms with van der Waals surface area (Å²) in [6.45, 7) is 8.77. The molecular formula is C16H26FN3. The third-order valence-electron chi connectivity index (χ3n) is 4.22. The highest BCUT2D eigenvalue weighted by molar-refractivity contribution is 5.14. The maximum atomic E-state index is 13.3. The lowest BCUT2D eigenvalue weighted by Crippen LogP contribution is -2.37. The summed E-state index contributed by atoms with van der Waals surface area (Å²) in [6.07, 6.45) is 6.67. The molecule has 112 valence electrons. The average Bonchev–Trinajstić information content (AvgIpc) is 2.47. The fraction of sp³-hybridized carbons (Fsp3) is 0.688. The van der Waals surface area contributed by atoms with Crippen LogP contribution in [0.4, 0.5) is 4.39 Å². The van der Waals surface area contributed by atoms with Crippen molar-refractivity contribution in [2.45, 2.75) is 39.2 Å². The van der Waals surface area contributed by atoms with E-state index in [4.69, 9.17) is 0 Å². The van der Waals surface area contributed by atoms with Gasteiger partial charge in [-0.15, -0.1) is 0 Å². The second-order valence-electron chi connectivity index (χ2n) is 5.80. The minimum Gasteiger partial charge on any atom is -0.317 e. The van der Waals surface area contributed by atoms with Gasteiger partial charge in [-0.25, -0.2) is 4.39 Å². The SMILES string of the molecule is CCCN(CC1CCNCC1)C(C)c1cncc(F)c1. The van der Waals surface area contributed by atoms with Crippen molar-refractivity contribution in [2.24, 2.45) is 5.92 Å². The first-order valence-electron chi connectivity index (χ1n) is 7.76. The zero-order valence-electron chi connectivity index (χ0n) is 12.6. The van der Waals surface area contributed by atoms with Crippen LogP contribution in [0.1, 0.15) is 44.7 Å². The Kier molecular flexibility index (Phi) is 5.92. The van der Waals surface area contributed by atoms with E-state index in [2.05, 4.69) is 29.0 Å². The van der Waals surface area contributed by atoms with Crippen molar-refractivity contribution in [1.29, 1.82) is 0 Å². The molecule has 1 saturated heterocycles. The number of hydrogen-bond donors (Lipinski definition) is 1. The van der Waals surface area contributed by atoms with Crippen LogP contribution in [0.15, 0.2) is 18.5 Å². The van der Waals surface area contributed by atoms with Crippen molar-refractivity contribution in [2.75, 3.05) is 26.2 Å². The molecule has 0 saturated carbocycles. The van der Waals surface area contributed by atoms with Gasteiger partial charge in [-0.2, -0.15) is 0 Å².